The molecule has 2 nitrogen and oxygen atoms in total. The summed E-state index contributed by atoms with van der Waals surface area (Å²) in [5, 5.41) is 6.13. The topological polar surface area (TPSA) is 6.48 Å². The van der Waals surface area contributed by atoms with Crippen molar-refractivity contribution in [1.82, 2.24) is 0 Å². The van der Waals surface area contributed by atoms with Gasteiger partial charge in [-0.05, 0) is 178 Å². The van der Waals surface area contributed by atoms with Crippen LogP contribution in [-0.4, -0.2) is 0 Å². The average Bonchev–Trinajstić information content (AvgIpc) is 3.42. The molecule has 0 aliphatic rings. The number of hydrogen-bond acceptors (Lipinski definition) is 2. The van der Waals surface area contributed by atoms with Gasteiger partial charge in [0, 0.05) is 33.3 Å². The first-order chi connectivity index (χ1) is 36.0. The van der Waals surface area contributed by atoms with Gasteiger partial charge < -0.3 is 9.80 Å². The number of anilines is 6. The van der Waals surface area contributed by atoms with E-state index in [4.69, 9.17) is 0 Å². The number of para-hydroxylation sites is 2. The molecule has 0 unspecified atom stereocenters. The predicted octanol–water partition coefficient (Wildman–Crippen LogP) is 20.3. The minimum atomic E-state index is -0.325. The van der Waals surface area contributed by atoms with Gasteiger partial charge in [0.05, 0.1) is 22.7 Å². The second kappa shape index (κ2) is 18.6. The van der Waals surface area contributed by atoms with Crippen molar-refractivity contribution < 1.29 is 8.78 Å². The maximum atomic E-state index is 18.1. The van der Waals surface area contributed by atoms with E-state index < -0.39 is 0 Å². The Hall–Kier alpha value is -8.86. The molecule has 0 aromatic heterocycles. The lowest BCUT2D eigenvalue weighted by Crippen LogP contribution is -2.16. The Morgan fingerprint density at radius 1 is 0.270 bits per heavy atom. The van der Waals surface area contributed by atoms with Crippen molar-refractivity contribution in [3.05, 3.63) is 263 Å². The molecule has 0 aliphatic heterocycles. The number of aryl methyl sites for hydroxylation is 6. The zero-order chi connectivity index (χ0) is 50.8. The predicted molar refractivity (Wildman–Crippen MR) is 310 cm³/mol. The molecule has 74 heavy (non-hydrogen) atoms. The Balaban J connectivity index is 1.15. The largest absolute Gasteiger partial charge is 0.306 e. The zero-order valence-corrected chi connectivity index (χ0v) is 42.4. The maximum Gasteiger partial charge on any atom is 0.148 e. The Kier molecular flexibility index (Phi) is 11.6. The van der Waals surface area contributed by atoms with Crippen LogP contribution in [0.25, 0.3) is 76.8 Å². The lowest BCUT2D eigenvalue weighted by molar-refractivity contribution is 0.629. The third-order valence-electron chi connectivity index (χ3n) is 15.2. The second-order valence-corrected chi connectivity index (χ2v) is 19.8. The molecule has 0 bridgehead atoms. The second-order valence-electron chi connectivity index (χ2n) is 19.8. The Morgan fingerprint density at radius 2 is 0.581 bits per heavy atom. The van der Waals surface area contributed by atoms with E-state index in [1.54, 1.807) is 12.1 Å². The van der Waals surface area contributed by atoms with Crippen molar-refractivity contribution in [1.29, 1.82) is 0 Å². The van der Waals surface area contributed by atoms with Crippen molar-refractivity contribution in [3.63, 3.8) is 0 Å². The Morgan fingerprint density at radius 3 is 0.932 bits per heavy atom. The number of benzene rings is 12. The van der Waals surface area contributed by atoms with E-state index in [2.05, 4.69) is 185 Å². The molecule has 12 aromatic rings. The molecule has 0 saturated heterocycles. The van der Waals surface area contributed by atoms with Gasteiger partial charge in [-0.15, -0.1) is 0 Å². The van der Waals surface area contributed by atoms with Crippen LogP contribution in [0.15, 0.2) is 218 Å². The summed E-state index contributed by atoms with van der Waals surface area (Å²) < 4.78 is 36.1. The van der Waals surface area contributed by atoms with Crippen LogP contribution < -0.4 is 9.80 Å². The van der Waals surface area contributed by atoms with Gasteiger partial charge in [0.15, 0.2) is 0 Å². The number of rotatable bonds is 10. The summed E-state index contributed by atoms with van der Waals surface area (Å²) >= 11 is 0. The summed E-state index contributed by atoms with van der Waals surface area (Å²) in [6, 6.07) is 74.5. The Labute approximate surface area is 432 Å². The van der Waals surface area contributed by atoms with Gasteiger partial charge in [-0.25, -0.2) is 8.78 Å². The van der Waals surface area contributed by atoms with E-state index >= 15 is 8.78 Å². The summed E-state index contributed by atoms with van der Waals surface area (Å²) in [5.74, 6) is -0.650. The zero-order valence-electron chi connectivity index (χ0n) is 42.4. The fourth-order valence-electron chi connectivity index (χ4n) is 11.4. The molecular formula is C70H54F2N2. The summed E-state index contributed by atoms with van der Waals surface area (Å²) in [7, 11) is 0. The van der Waals surface area contributed by atoms with Crippen molar-refractivity contribution >= 4 is 66.4 Å². The molecular weight excluding hydrogens is 907 g/mol. The summed E-state index contributed by atoms with van der Waals surface area (Å²) in [6.45, 7) is 12.5. The number of halogens is 2. The maximum absolute atomic E-state index is 18.1. The molecule has 0 N–H and O–H groups in total. The number of nitrogens with zero attached hydrogens (tertiary/aromatic N) is 2. The smallest absolute Gasteiger partial charge is 0.148 e. The molecule has 4 heteroatoms. The fourth-order valence-corrected chi connectivity index (χ4v) is 11.4. The molecule has 358 valence electrons. The van der Waals surface area contributed by atoms with Gasteiger partial charge in [-0.3, -0.25) is 0 Å². The van der Waals surface area contributed by atoms with Crippen LogP contribution in [0, 0.1) is 53.2 Å². The van der Waals surface area contributed by atoms with Gasteiger partial charge >= 0.3 is 0 Å². The monoisotopic (exact) mass is 960 g/mol. The lowest BCUT2D eigenvalue weighted by atomic mass is 9.89. The summed E-state index contributed by atoms with van der Waals surface area (Å²) in [5.41, 5.74) is 17.8. The van der Waals surface area contributed by atoms with E-state index in [-0.39, 0.29) is 11.6 Å². The highest BCUT2D eigenvalue weighted by atomic mass is 19.1. The van der Waals surface area contributed by atoms with Crippen LogP contribution in [0.5, 0.6) is 0 Å². The number of hydrogen-bond donors (Lipinski definition) is 0. The molecule has 0 amide bonds. The molecule has 0 radical (unpaired) electrons. The molecule has 0 aliphatic carbocycles. The van der Waals surface area contributed by atoms with Crippen LogP contribution in [-0.2, 0) is 0 Å². The van der Waals surface area contributed by atoms with Crippen LogP contribution in [0.4, 0.5) is 42.9 Å². The van der Waals surface area contributed by atoms with E-state index in [0.29, 0.717) is 11.4 Å². The van der Waals surface area contributed by atoms with Crippen molar-refractivity contribution in [2.45, 2.75) is 41.5 Å². The van der Waals surface area contributed by atoms with Gasteiger partial charge in [-0.2, -0.15) is 0 Å². The molecule has 0 saturated carbocycles. The Bertz CT molecular complexity index is 3880. The standard InChI is InChI=1S/C70H54F2N2/c1-43-19-7-13-25-53(43)51-39-59(55-27-15-9-21-45(55)3)69(61(71)41-51)73(63-29-17-11-23-47(63)5)65-37-33-49-32-36-58-66(38-34-50-31-35-57(65)67(49)68(50)58)74(64-30-18-12-24-48(64)6)70-60(56-28-16-10-22-46(56)4)40-52(42-62(70)72)54-26-14-8-20-44(54)2/h7-42H,1-6H3. The molecule has 0 atom stereocenters. The van der Waals surface area contributed by atoms with Crippen molar-refractivity contribution in [2.24, 2.45) is 0 Å². The first kappa shape index (κ1) is 46.2. The minimum absolute atomic E-state index is 0.325. The van der Waals surface area contributed by atoms with Crippen molar-refractivity contribution in [2.75, 3.05) is 9.80 Å². The van der Waals surface area contributed by atoms with Crippen LogP contribution >= 0.6 is 0 Å². The summed E-state index contributed by atoms with van der Waals surface area (Å²) in [4.78, 5) is 4.28. The van der Waals surface area contributed by atoms with Crippen LogP contribution in [0.3, 0.4) is 0 Å². The van der Waals surface area contributed by atoms with Crippen molar-refractivity contribution in [3.8, 4) is 44.5 Å². The minimum Gasteiger partial charge on any atom is -0.306 e. The summed E-state index contributed by atoms with van der Waals surface area (Å²) in [6.07, 6.45) is 0. The van der Waals surface area contributed by atoms with Gasteiger partial charge in [0.1, 0.15) is 11.6 Å². The van der Waals surface area contributed by atoms with Crippen LogP contribution in [0.2, 0.25) is 0 Å². The molecule has 12 rings (SSSR count). The lowest BCUT2D eigenvalue weighted by Gasteiger charge is -2.33. The highest BCUT2D eigenvalue weighted by Gasteiger charge is 2.30. The molecule has 0 heterocycles. The normalized spacial score (nSPS) is 11.5. The third kappa shape index (κ3) is 7.77. The SMILES string of the molecule is Cc1ccccc1-c1cc(F)c(N(c2ccccc2C)c2ccc3ccc4c(N(c5ccccc5C)c5c(F)cc(-c6ccccc6C)cc5-c5ccccc5C)ccc5ccc2c3c54)c(-c2ccccc2C)c1. The first-order valence-corrected chi connectivity index (χ1v) is 25.4. The highest BCUT2D eigenvalue weighted by Crippen LogP contribution is 2.53. The molecule has 0 fully saturated rings. The quantitative estimate of drug-likeness (QED) is 0.126. The van der Waals surface area contributed by atoms with E-state index in [0.717, 1.165) is 133 Å². The first-order valence-electron chi connectivity index (χ1n) is 25.4. The van der Waals surface area contributed by atoms with Gasteiger partial charge in [0.2, 0.25) is 0 Å². The third-order valence-corrected chi connectivity index (χ3v) is 15.2. The average molecular weight is 961 g/mol. The van der Waals surface area contributed by atoms with E-state index in [1.807, 2.05) is 72.8 Å². The molecule has 0 spiro atoms. The van der Waals surface area contributed by atoms with Crippen LogP contribution in [0.1, 0.15) is 33.4 Å². The van der Waals surface area contributed by atoms with Gasteiger partial charge in [0.25, 0.3) is 0 Å². The van der Waals surface area contributed by atoms with E-state index in [1.165, 1.54) is 0 Å². The highest BCUT2D eigenvalue weighted by molar-refractivity contribution is 6.28. The van der Waals surface area contributed by atoms with E-state index in [9.17, 15) is 0 Å². The fraction of sp³-hybridized carbons (Fsp3) is 0.0857. The molecule has 12 aromatic carbocycles. The van der Waals surface area contributed by atoms with Gasteiger partial charge in [-0.1, -0.05) is 170 Å².